The number of thiophene rings is 1. The monoisotopic (exact) mass is 592 g/mol. The van der Waals surface area contributed by atoms with E-state index in [4.69, 9.17) is 28.4 Å². The van der Waals surface area contributed by atoms with Crippen molar-refractivity contribution in [1.82, 2.24) is 14.9 Å². The Morgan fingerprint density at radius 1 is 1.21 bits per heavy atom. The van der Waals surface area contributed by atoms with Gasteiger partial charge in [-0.25, -0.2) is 9.97 Å². The Balaban J connectivity index is 1.30. The van der Waals surface area contributed by atoms with E-state index in [1.165, 1.54) is 22.7 Å². The Bertz CT molecular complexity index is 1370. The van der Waals surface area contributed by atoms with Crippen LogP contribution in [0.25, 0.3) is 10.6 Å². The number of anilines is 3. The van der Waals surface area contributed by atoms with Gasteiger partial charge in [0.15, 0.2) is 0 Å². The van der Waals surface area contributed by atoms with Gasteiger partial charge in [-0.15, -0.1) is 11.3 Å². The largest absolute Gasteiger partial charge is 0.481 e. The maximum absolute atomic E-state index is 13.7. The molecule has 2 unspecified atom stereocenters. The van der Waals surface area contributed by atoms with E-state index < -0.39 is 11.9 Å². The van der Waals surface area contributed by atoms with Crippen LogP contribution in [0.15, 0.2) is 29.8 Å². The third kappa shape index (κ3) is 4.64. The number of aromatic nitrogens is 2. The molecule has 0 saturated carbocycles. The molecule has 3 aromatic rings. The van der Waals surface area contributed by atoms with Crippen molar-refractivity contribution in [1.29, 1.82) is 0 Å². The number of piperidine rings is 1. The van der Waals surface area contributed by atoms with Crippen molar-refractivity contribution >= 4 is 73.9 Å². The predicted octanol–water partition coefficient (Wildman–Crippen LogP) is 4.91. The molecule has 0 radical (unpaired) electrons. The van der Waals surface area contributed by atoms with Crippen molar-refractivity contribution in [2.75, 3.05) is 47.4 Å². The minimum absolute atomic E-state index is 0.357. The molecule has 2 atom stereocenters. The molecule has 13 heteroatoms. The van der Waals surface area contributed by atoms with Crippen LogP contribution >= 0.6 is 46.1 Å². The lowest BCUT2D eigenvalue weighted by Crippen LogP contribution is -2.44. The number of hydrogen-bond donors (Lipinski definition) is 1. The van der Waals surface area contributed by atoms with Crippen molar-refractivity contribution in [3.8, 4) is 10.6 Å². The van der Waals surface area contributed by atoms with Crippen LogP contribution in [0.3, 0.4) is 0 Å². The van der Waals surface area contributed by atoms with Gasteiger partial charge in [-0.05, 0) is 44.5 Å². The number of carboxylic acids is 1. The highest BCUT2D eigenvalue weighted by atomic mass is 35.5. The van der Waals surface area contributed by atoms with Crippen molar-refractivity contribution in [3.05, 3.63) is 40.4 Å². The van der Waals surface area contributed by atoms with Crippen LogP contribution in [0, 0.1) is 5.92 Å². The fourth-order valence-corrected chi connectivity index (χ4v) is 8.07. The second kappa shape index (κ2) is 10.3. The molecule has 0 spiro atoms. The van der Waals surface area contributed by atoms with E-state index in [0.29, 0.717) is 59.6 Å². The molecule has 9 nitrogen and oxygen atoms in total. The number of hydrogen-bond acceptors (Lipinski definition) is 9. The number of nitrogens with zero attached hydrogens (tertiary/aromatic N) is 6. The van der Waals surface area contributed by atoms with Crippen LogP contribution < -0.4 is 14.2 Å². The molecule has 2 bridgehead atoms. The predicted molar refractivity (Wildman–Crippen MR) is 152 cm³/mol. The molecule has 6 rings (SSSR count). The number of thiazole rings is 1. The van der Waals surface area contributed by atoms with E-state index in [2.05, 4.69) is 21.8 Å². The molecule has 0 aromatic carbocycles. The summed E-state index contributed by atoms with van der Waals surface area (Å²) in [5.41, 5.74) is 1.15. The van der Waals surface area contributed by atoms with E-state index in [1.807, 2.05) is 16.3 Å². The second-order valence-electron chi connectivity index (χ2n) is 9.97. The number of likely N-dealkylation sites (N-methyl/N-ethyl adjacent to an activating group) is 1. The summed E-state index contributed by atoms with van der Waals surface area (Å²) < 4.78 is 1.08. The minimum atomic E-state index is -0.783. The number of fused-ring (bicyclic) bond motifs is 2. The first-order valence-corrected chi connectivity index (χ1v) is 14.9. The smallest absolute Gasteiger partial charge is 0.306 e. The molecule has 1 N–H and O–H groups in total. The van der Waals surface area contributed by atoms with Gasteiger partial charge in [-0.3, -0.25) is 14.5 Å². The van der Waals surface area contributed by atoms with Crippen LogP contribution in [0.5, 0.6) is 0 Å². The van der Waals surface area contributed by atoms with Crippen LogP contribution in [-0.4, -0.2) is 77.2 Å². The first kappa shape index (κ1) is 25.8. The Kier molecular flexibility index (Phi) is 6.98. The molecule has 3 aliphatic heterocycles. The number of amides is 1. The number of pyridine rings is 1. The summed E-state index contributed by atoms with van der Waals surface area (Å²) in [6.45, 7) is 2.91. The fourth-order valence-electron chi connectivity index (χ4n) is 5.64. The molecular formula is C25H26Cl2N6O3S2. The zero-order valence-corrected chi connectivity index (χ0v) is 23.7. The first-order valence-electron chi connectivity index (χ1n) is 12.4. The molecule has 3 saturated heterocycles. The minimum Gasteiger partial charge on any atom is -0.481 e. The lowest BCUT2D eigenvalue weighted by atomic mass is 9.97. The van der Waals surface area contributed by atoms with Gasteiger partial charge in [0.1, 0.15) is 16.5 Å². The highest BCUT2D eigenvalue weighted by molar-refractivity contribution is 7.21. The first-order chi connectivity index (χ1) is 18.3. The van der Waals surface area contributed by atoms with Gasteiger partial charge in [0.2, 0.25) is 5.13 Å². The second-order valence-corrected chi connectivity index (χ2v) is 12.6. The zero-order chi connectivity index (χ0) is 26.6. The number of carbonyl (C=O) groups excluding carboxylic acids is 1. The maximum Gasteiger partial charge on any atom is 0.306 e. The van der Waals surface area contributed by atoms with Crippen molar-refractivity contribution in [3.63, 3.8) is 0 Å². The van der Waals surface area contributed by atoms with E-state index in [0.717, 1.165) is 39.5 Å². The molecular weight excluding hydrogens is 567 g/mol. The van der Waals surface area contributed by atoms with Gasteiger partial charge in [0, 0.05) is 61.6 Å². The van der Waals surface area contributed by atoms with Gasteiger partial charge in [0.25, 0.3) is 5.91 Å². The normalized spacial score (nSPS) is 21.9. The third-order valence-electron chi connectivity index (χ3n) is 7.68. The number of piperazine rings is 1. The number of carboxylic acid groups (broad SMARTS) is 1. The van der Waals surface area contributed by atoms with E-state index in [9.17, 15) is 14.7 Å². The van der Waals surface area contributed by atoms with E-state index in [-0.39, 0.29) is 5.92 Å². The number of carbonyl (C=O) groups is 2. The summed E-state index contributed by atoms with van der Waals surface area (Å²) >= 11 is 15.9. The van der Waals surface area contributed by atoms with E-state index in [1.54, 1.807) is 18.3 Å². The van der Waals surface area contributed by atoms with Crippen LogP contribution in [0.1, 0.15) is 29.6 Å². The summed E-state index contributed by atoms with van der Waals surface area (Å²) in [4.78, 5) is 42.1. The van der Waals surface area contributed by atoms with Crippen LogP contribution in [0.2, 0.25) is 5.02 Å². The summed E-state index contributed by atoms with van der Waals surface area (Å²) in [7, 11) is 2.16. The molecule has 3 aromatic heterocycles. The topological polar surface area (TPSA) is 93.1 Å². The zero-order valence-electron chi connectivity index (χ0n) is 20.6. The highest BCUT2D eigenvalue weighted by Gasteiger charge is 2.43. The number of likely N-dealkylation sites (tertiary alicyclic amines) is 1. The number of halogens is 2. The standard InChI is InChI=1S/C25H26Cl2N6O3S2/c1-30-11-17-10-16(30)12-32(17)23-20(19-9-15(26)13-37-19)29-25(38-23)33(27)22(34)18-3-2-6-28-21(18)31-7-4-14(5-8-31)24(35)36/h2-3,6,9,13-14,16-17H,4-5,7-8,10-12H2,1H3,(H,35,36). The Morgan fingerprint density at radius 3 is 2.63 bits per heavy atom. The van der Waals surface area contributed by atoms with Gasteiger partial charge >= 0.3 is 5.97 Å². The number of aliphatic carboxylic acids is 1. The third-order valence-corrected chi connectivity index (χ3v) is 10.5. The molecule has 6 heterocycles. The van der Waals surface area contributed by atoms with Gasteiger partial charge in [0.05, 0.1) is 21.4 Å². The summed E-state index contributed by atoms with van der Waals surface area (Å²) in [6.07, 6.45) is 3.74. The van der Waals surface area contributed by atoms with E-state index >= 15 is 0 Å². The quantitative estimate of drug-likeness (QED) is 0.403. The summed E-state index contributed by atoms with van der Waals surface area (Å²) in [5, 5.41) is 13.3. The molecule has 38 heavy (non-hydrogen) atoms. The van der Waals surface area contributed by atoms with Crippen molar-refractivity contribution in [2.45, 2.75) is 31.3 Å². The van der Waals surface area contributed by atoms with Crippen LogP contribution in [0.4, 0.5) is 16.0 Å². The average Bonchev–Trinajstić information content (AvgIpc) is 3.71. The summed E-state index contributed by atoms with van der Waals surface area (Å²) in [5.74, 6) is -1.07. The van der Waals surface area contributed by atoms with Gasteiger partial charge < -0.3 is 14.9 Å². The highest BCUT2D eigenvalue weighted by Crippen LogP contribution is 2.47. The Morgan fingerprint density at radius 2 is 2.00 bits per heavy atom. The molecule has 3 aliphatic rings. The Hall–Kier alpha value is -2.44. The van der Waals surface area contributed by atoms with Gasteiger partial charge in [-0.1, -0.05) is 22.9 Å². The lowest BCUT2D eigenvalue weighted by Gasteiger charge is -2.32. The molecule has 3 fully saturated rings. The SMILES string of the molecule is CN1CC2CC1CN2c1sc(N(Cl)C(=O)c2cccnc2N2CCC(C(=O)O)CC2)nc1-c1cc(Cl)cs1. The molecule has 1 amide bonds. The maximum atomic E-state index is 13.7. The average molecular weight is 594 g/mol. The van der Waals surface area contributed by atoms with Crippen LogP contribution in [-0.2, 0) is 4.79 Å². The molecule has 0 aliphatic carbocycles. The van der Waals surface area contributed by atoms with Crippen molar-refractivity contribution in [2.24, 2.45) is 5.92 Å². The van der Waals surface area contributed by atoms with Gasteiger partial charge in [-0.2, -0.15) is 4.42 Å². The Labute approximate surface area is 238 Å². The number of rotatable bonds is 6. The fraction of sp³-hybridized carbons (Fsp3) is 0.440. The lowest BCUT2D eigenvalue weighted by molar-refractivity contribution is -0.142. The molecule has 200 valence electrons. The van der Waals surface area contributed by atoms with Crippen molar-refractivity contribution < 1.29 is 14.7 Å². The summed E-state index contributed by atoms with van der Waals surface area (Å²) in [6, 6.07) is 6.20.